The van der Waals surface area contributed by atoms with Crippen molar-refractivity contribution in [2.75, 3.05) is 92.0 Å². The summed E-state index contributed by atoms with van der Waals surface area (Å²) < 4.78 is 232. The van der Waals surface area contributed by atoms with Gasteiger partial charge in [-0.2, -0.15) is 14.5 Å². The van der Waals surface area contributed by atoms with Gasteiger partial charge in [-0.3, -0.25) is 43.6 Å². The summed E-state index contributed by atoms with van der Waals surface area (Å²) in [4.78, 5) is 93.3. The molecule has 4 saturated heterocycles. The Morgan fingerprint density at radius 2 is 0.775 bits per heavy atom. The number of allylic oxidation sites excluding steroid dienone is 3. The molecule has 12 heterocycles. The lowest BCUT2D eigenvalue weighted by Gasteiger charge is -2.32. The highest BCUT2D eigenvalue weighted by Gasteiger charge is 2.50. The predicted octanol–water partition coefficient (Wildman–Crippen LogP) is 19.6. The minimum absolute atomic E-state index is 0.0309. The van der Waals surface area contributed by atoms with Crippen molar-refractivity contribution in [3.63, 3.8) is 0 Å². The highest BCUT2D eigenvalue weighted by molar-refractivity contribution is 7.92. The third-order valence-corrected chi connectivity index (χ3v) is 34.9. The molecule has 28 nitrogen and oxygen atoms in total. The van der Waals surface area contributed by atoms with Crippen molar-refractivity contribution in [3.05, 3.63) is 209 Å². The summed E-state index contributed by atoms with van der Waals surface area (Å²) in [5.41, 5.74) is 5.45. The molecule has 8 aromatic rings. The number of carbonyl (C=O) groups is 5. The Morgan fingerprint density at radius 3 is 1.18 bits per heavy atom. The summed E-state index contributed by atoms with van der Waals surface area (Å²) in [6, 6.07) is 26.4. The van der Waals surface area contributed by atoms with E-state index in [1.54, 1.807) is 72.2 Å². The van der Waals surface area contributed by atoms with E-state index in [0.29, 0.717) is 113 Å². The molecule has 16 rings (SSSR count). The third kappa shape index (κ3) is 24.2. The first-order chi connectivity index (χ1) is 66.0. The van der Waals surface area contributed by atoms with Crippen LogP contribution in [0.15, 0.2) is 159 Å². The number of halogens is 9. The van der Waals surface area contributed by atoms with Crippen molar-refractivity contribution in [2.24, 2.45) is 21.7 Å². The van der Waals surface area contributed by atoms with E-state index in [-0.39, 0.29) is 152 Å². The van der Waals surface area contributed by atoms with Gasteiger partial charge in [-0.25, -0.2) is 88.7 Å². The number of carbonyl (C=O) groups excluding carboxylic acids is 5. The van der Waals surface area contributed by atoms with Crippen LogP contribution < -0.4 is 38.5 Å². The van der Waals surface area contributed by atoms with E-state index >= 15 is 4.39 Å². The van der Waals surface area contributed by atoms with Gasteiger partial charge in [-0.05, 0) is 182 Å². The maximum absolute atomic E-state index is 15.2. The van der Waals surface area contributed by atoms with Crippen LogP contribution in [-0.2, 0) is 65.8 Å². The van der Waals surface area contributed by atoms with Crippen LogP contribution in [0, 0.1) is 27.5 Å². The molecular formula is C101H116F9N11O17S4. The summed E-state index contributed by atoms with van der Waals surface area (Å²) in [5, 5.41) is 8.04. The molecule has 8 aliphatic heterocycles. The molecule has 0 bridgehead atoms. The van der Waals surface area contributed by atoms with E-state index in [2.05, 4.69) is 54.9 Å². The largest absolute Gasteiger partial charge is 0.486 e. The van der Waals surface area contributed by atoms with Crippen molar-refractivity contribution in [1.82, 2.24) is 35.1 Å². The SMILES string of the molecule is C=C1N(c2cc(OCC(F)F)cnn2)c2ccc(C(=O)CC3(C)CCS(=O)(=O)CC3)cc2C1(C)C.C=C1N(c2nccc(OCC(F)F)c2F)c2ccc(C(=O)CC3(C)CCS(=O)(=O)CC3)cc2C1(C)C.C=C1N(c2nccc(OCC(F)F)n2)c2ccc(C(=O)CC3(C)CCS(=O)(=O)CC3)cc2C1(C)C.CC(F)(F)COc1cc(N2C(=O)C(C)(C)c3cc(C(=O)CC4(C)CCS(=O)(=O)CC4)ccc32)ncn1. The Labute approximate surface area is 820 Å². The molecule has 0 saturated carbocycles. The zero-order valence-electron chi connectivity index (χ0n) is 81.3. The third-order valence-electron chi connectivity index (χ3n) is 28.3. The lowest BCUT2D eigenvalue weighted by molar-refractivity contribution is -0.121. The van der Waals surface area contributed by atoms with Gasteiger partial charge in [0.25, 0.3) is 25.2 Å². The summed E-state index contributed by atoms with van der Waals surface area (Å²) in [5.74, 6) is -3.27. The Hall–Kier alpha value is -11.6. The van der Waals surface area contributed by atoms with Crippen LogP contribution in [0.25, 0.3) is 0 Å². The molecule has 0 unspecified atom stereocenters. The number of amides is 1. The molecule has 0 N–H and O–H groups in total. The Kier molecular flexibility index (Phi) is 30.7. The fourth-order valence-corrected chi connectivity index (χ4v) is 25.8. The number of alkyl halides is 8. The number of benzene rings is 4. The van der Waals surface area contributed by atoms with Gasteiger partial charge in [-0.1, -0.05) is 89.0 Å². The summed E-state index contributed by atoms with van der Waals surface area (Å²) >= 11 is 0. The lowest BCUT2D eigenvalue weighted by atomic mass is 9.77. The first-order valence-electron chi connectivity index (χ1n) is 46.2. The monoisotopic (exact) mass is 2050 g/mol. The van der Waals surface area contributed by atoms with Gasteiger partial charge in [0.2, 0.25) is 29.4 Å². The van der Waals surface area contributed by atoms with Gasteiger partial charge in [0.1, 0.15) is 70.5 Å². The van der Waals surface area contributed by atoms with Crippen LogP contribution in [0.5, 0.6) is 23.3 Å². The topological polar surface area (TPSA) is 362 Å². The molecule has 4 fully saturated rings. The van der Waals surface area contributed by atoms with Crippen LogP contribution in [0.4, 0.5) is 85.7 Å². The molecule has 0 radical (unpaired) electrons. The number of pyridine rings is 1. The molecule has 0 aliphatic carbocycles. The maximum atomic E-state index is 15.2. The van der Waals surface area contributed by atoms with Gasteiger partial charge in [0, 0.05) is 125 Å². The fraction of sp³-hybridized carbons (Fsp3) is 0.485. The second kappa shape index (κ2) is 40.5. The van der Waals surface area contributed by atoms with E-state index in [1.807, 2.05) is 93.5 Å². The van der Waals surface area contributed by atoms with Crippen LogP contribution in [0.2, 0.25) is 0 Å². The molecular weight excluding hydrogens is 1940 g/mol. The number of fused-ring (bicyclic) bond motifs is 4. The Bertz CT molecular complexity index is 6550. The van der Waals surface area contributed by atoms with E-state index < -0.39 is 129 Å². The summed E-state index contributed by atoms with van der Waals surface area (Å²) in [6.07, 6.45) is 1.81. The van der Waals surface area contributed by atoms with Crippen molar-refractivity contribution in [2.45, 2.75) is 214 Å². The molecule has 4 aromatic heterocycles. The second-order valence-electron chi connectivity index (χ2n) is 41.2. The van der Waals surface area contributed by atoms with Gasteiger partial charge in [0.05, 0.1) is 80.4 Å². The molecule has 8 aliphatic rings. The van der Waals surface area contributed by atoms with Crippen LogP contribution in [0.3, 0.4) is 0 Å². The number of ketones is 4. The molecule has 0 spiro atoms. The minimum atomic E-state index is -3.05. The highest BCUT2D eigenvalue weighted by atomic mass is 32.2. The summed E-state index contributed by atoms with van der Waals surface area (Å²) in [6.45, 7) is 33.0. The molecule has 764 valence electrons. The Morgan fingerprint density at radius 1 is 0.415 bits per heavy atom. The van der Waals surface area contributed by atoms with Crippen molar-refractivity contribution in [3.8, 4) is 23.3 Å². The smallest absolute Gasteiger partial charge is 0.278 e. The fourth-order valence-electron chi connectivity index (χ4n) is 18.5. The average molecular weight is 2060 g/mol. The average Bonchev–Trinajstić information content (AvgIpc) is 1.59. The molecule has 4 aromatic carbocycles. The number of ether oxygens (including phenoxy) is 4. The zero-order valence-corrected chi connectivity index (χ0v) is 84.5. The van der Waals surface area contributed by atoms with Gasteiger partial charge >= 0.3 is 0 Å². The number of hydrogen-bond acceptors (Lipinski definition) is 27. The van der Waals surface area contributed by atoms with Crippen LogP contribution in [-0.4, -0.2) is 195 Å². The first kappa shape index (κ1) is 108. The Balaban J connectivity index is 0.000000159. The van der Waals surface area contributed by atoms with E-state index in [1.165, 1.54) is 52.7 Å². The van der Waals surface area contributed by atoms with Crippen molar-refractivity contribution < 1.29 is 116 Å². The number of aromatic nitrogens is 7. The quantitative estimate of drug-likeness (QED) is 0.0325. The zero-order chi connectivity index (χ0) is 104. The van der Waals surface area contributed by atoms with Gasteiger partial charge in [-0.15, -0.1) is 5.10 Å². The number of anilines is 8. The van der Waals surface area contributed by atoms with Crippen molar-refractivity contribution >= 4 is 115 Å². The van der Waals surface area contributed by atoms with E-state index in [9.17, 15) is 92.8 Å². The number of sulfone groups is 4. The normalized spacial score (nSPS) is 20.0. The van der Waals surface area contributed by atoms with Crippen LogP contribution in [0.1, 0.15) is 231 Å². The number of nitrogens with zero attached hydrogens (tertiary/aromatic N) is 11. The van der Waals surface area contributed by atoms with E-state index in [0.717, 1.165) is 41.3 Å². The van der Waals surface area contributed by atoms with Crippen molar-refractivity contribution in [1.29, 1.82) is 0 Å². The molecule has 0 atom stereocenters. The predicted molar refractivity (Wildman–Crippen MR) is 520 cm³/mol. The number of rotatable bonds is 28. The standard InChI is InChI=1S/C26H29F3N2O4S.C25H29F2N3O5S.2C25H29F2N3O4S/c1-16-25(2,3)18-13-17(20(32)14-26(4)8-11-36(33,34)12-9-26)5-6-19(18)31(16)24-23(29)21(7-10-30-24)35-15-22(27)28;1-23(2)17-11-16(19(31)13-24(3)7-9-36(33,34)10-8-24)5-6-18(17)30(22(23)32)20-12-21(29-15-28-20)35-14-25(4,26)27;1-16-24(2,3)18-13-17(20(31)14-25(4)8-11-35(32,33)12-9-25)5-6-19(18)30(16)23-28-10-7-22(29-23)34-15-21(26)27;1-16-24(2,3)19-11-17(21(31)13-25(4)7-9-35(32,33)10-8-25)5-6-20(19)30(16)23-12-18(14-28-29-23)34-15-22(26)27/h5-7,10,13,22H,1,8-9,11-12,14-15H2,2-4H3;5-6,11-12,15H,7-10,13-14H2,1-4H3;5-7,10,13,21H,1,8-9,11-12,14-15H2,2-4H3;5-6,11-12,14,22H,1,7-10,13,15H2,2-4H3. The lowest BCUT2D eigenvalue weighted by Crippen LogP contribution is -2.33. The molecule has 142 heavy (non-hydrogen) atoms. The first-order valence-corrected chi connectivity index (χ1v) is 53.5. The van der Waals surface area contributed by atoms with E-state index in [4.69, 9.17) is 18.9 Å². The summed E-state index contributed by atoms with van der Waals surface area (Å²) in [7, 11) is -12.1. The molecule has 1 amide bonds. The number of hydrogen-bond donors (Lipinski definition) is 0. The minimum Gasteiger partial charge on any atom is -0.486 e. The van der Waals surface area contributed by atoms with Crippen LogP contribution >= 0.6 is 0 Å². The van der Waals surface area contributed by atoms with Gasteiger partial charge in [0.15, 0.2) is 53.7 Å². The molecule has 41 heteroatoms. The number of Topliss-reactive ketones (excluding diaryl/α,β-unsaturated/α-hetero) is 4. The van der Waals surface area contributed by atoms with Gasteiger partial charge < -0.3 is 18.9 Å². The second-order valence-corrected chi connectivity index (χ2v) is 50.4. The highest BCUT2D eigenvalue weighted by Crippen LogP contribution is 2.56. The maximum Gasteiger partial charge on any atom is 0.278 e.